The minimum Gasteiger partial charge on any atom is -0.481 e. The van der Waals surface area contributed by atoms with E-state index in [1.165, 1.54) is 6.42 Å². The number of rotatable bonds is 5. The van der Waals surface area contributed by atoms with Crippen LogP contribution in [-0.2, 0) is 18.3 Å². The molecular weight excluding hydrogens is 240 g/mol. The number of aromatic nitrogens is 2. The molecule has 0 bridgehead atoms. The lowest BCUT2D eigenvalue weighted by molar-refractivity contribution is -0.152. The summed E-state index contributed by atoms with van der Waals surface area (Å²) >= 11 is 0. The second-order valence-electron chi connectivity index (χ2n) is 5.90. The molecule has 2 atom stereocenters. The zero-order valence-corrected chi connectivity index (χ0v) is 11.9. The van der Waals surface area contributed by atoms with E-state index in [-0.39, 0.29) is 0 Å². The Hall–Kier alpha value is -1.32. The van der Waals surface area contributed by atoms with E-state index in [2.05, 4.69) is 12.0 Å². The van der Waals surface area contributed by atoms with Gasteiger partial charge in [-0.2, -0.15) is 5.10 Å². The third-order valence-electron chi connectivity index (χ3n) is 4.76. The van der Waals surface area contributed by atoms with Crippen molar-refractivity contribution in [3.8, 4) is 0 Å². The zero-order chi connectivity index (χ0) is 13.9. The van der Waals surface area contributed by atoms with Crippen LogP contribution in [0, 0.1) is 11.3 Å². The second kappa shape index (κ2) is 5.76. The van der Waals surface area contributed by atoms with Gasteiger partial charge in [0.25, 0.3) is 0 Å². The topological polar surface area (TPSA) is 55.1 Å². The van der Waals surface area contributed by atoms with Crippen molar-refractivity contribution in [2.24, 2.45) is 18.4 Å². The summed E-state index contributed by atoms with van der Waals surface area (Å²) in [4.78, 5) is 11.8. The third-order valence-corrected chi connectivity index (χ3v) is 4.76. The van der Waals surface area contributed by atoms with Gasteiger partial charge in [-0.15, -0.1) is 0 Å². The van der Waals surface area contributed by atoms with E-state index in [1.807, 2.05) is 17.8 Å². The van der Waals surface area contributed by atoms with Crippen molar-refractivity contribution in [1.82, 2.24) is 9.78 Å². The first kappa shape index (κ1) is 14.1. The highest BCUT2D eigenvalue weighted by Crippen LogP contribution is 2.44. The fourth-order valence-electron chi connectivity index (χ4n) is 3.38. The second-order valence-corrected chi connectivity index (χ2v) is 5.90. The van der Waals surface area contributed by atoms with Crippen LogP contribution in [0.25, 0.3) is 0 Å². The summed E-state index contributed by atoms with van der Waals surface area (Å²) in [5.74, 6) is -0.0239. The fourth-order valence-corrected chi connectivity index (χ4v) is 3.38. The first-order valence-electron chi connectivity index (χ1n) is 7.27. The fraction of sp³-hybridized carbons (Fsp3) is 0.733. The van der Waals surface area contributed by atoms with E-state index < -0.39 is 11.4 Å². The molecule has 1 fully saturated rings. The average molecular weight is 264 g/mol. The predicted molar refractivity (Wildman–Crippen MR) is 73.8 cm³/mol. The van der Waals surface area contributed by atoms with Crippen molar-refractivity contribution in [3.63, 3.8) is 0 Å². The normalized spacial score (nSPS) is 27.4. The molecule has 0 aromatic carbocycles. The van der Waals surface area contributed by atoms with E-state index in [4.69, 9.17) is 0 Å². The first-order chi connectivity index (χ1) is 9.07. The summed E-state index contributed by atoms with van der Waals surface area (Å²) in [5.41, 5.74) is 0.614. The van der Waals surface area contributed by atoms with Gasteiger partial charge in [-0.3, -0.25) is 9.48 Å². The van der Waals surface area contributed by atoms with Crippen LogP contribution in [0.2, 0.25) is 0 Å². The molecule has 4 heteroatoms. The van der Waals surface area contributed by atoms with Gasteiger partial charge < -0.3 is 5.11 Å². The lowest BCUT2D eigenvalue weighted by Gasteiger charge is -2.37. The molecule has 106 valence electrons. The van der Waals surface area contributed by atoms with E-state index in [0.29, 0.717) is 5.92 Å². The van der Waals surface area contributed by atoms with Gasteiger partial charge in [0, 0.05) is 18.9 Å². The van der Waals surface area contributed by atoms with Crippen LogP contribution in [0.4, 0.5) is 0 Å². The van der Waals surface area contributed by atoms with Crippen LogP contribution in [-0.4, -0.2) is 20.9 Å². The van der Waals surface area contributed by atoms with Crippen LogP contribution in [0.15, 0.2) is 12.3 Å². The van der Waals surface area contributed by atoms with Gasteiger partial charge in [-0.1, -0.05) is 26.2 Å². The number of carbonyl (C=O) groups is 1. The average Bonchev–Trinajstić information content (AvgIpc) is 2.82. The molecule has 19 heavy (non-hydrogen) atoms. The monoisotopic (exact) mass is 264 g/mol. The van der Waals surface area contributed by atoms with Crippen LogP contribution in [0.1, 0.15) is 51.1 Å². The molecule has 1 aliphatic rings. The summed E-state index contributed by atoms with van der Waals surface area (Å²) in [6.07, 6.45) is 8.33. The molecule has 2 unspecified atom stereocenters. The SMILES string of the molecule is CCC1CCCC(CCc2ccnn2C)(C(=O)O)C1. The number of hydrogen-bond acceptors (Lipinski definition) is 2. The Bertz CT molecular complexity index is 441. The number of aryl methyl sites for hydroxylation is 2. The third kappa shape index (κ3) is 2.99. The Morgan fingerprint density at radius 3 is 3.00 bits per heavy atom. The van der Waals surface area contributed by atoms with Crippen LogP contribution in [0.5, 0.6) is 0 Å². The number of carboxylic acid groups (broad SMARTS) is 1. The Morgan fingerprint density at radius 2 is 2.42 bits per heavy atom. The maximum absolute atomic E-state index is 11.8. The molecule has 0 spiro atoms. The van der Waals surface area contributed by atoms with Crippen LogP contribution >= 0.6 is 0 Å². The molecule has 1 saturated carbocycles. The molecule has 1 aromatic rings. The Labute approximate surface area is 114 Å². The predicted octanol–water partition coefficient (Wildman–Crippen LogP) is 3.02. The highest BCUT2D eigenvalue weighted by Gasteiger charge is 2.42. The molecule has 0 amide bonds. The Morgan fingerprint density at radius 1 is 1.63 bits per heavy atom. The highest BCUT2D eigenvalue weighted by atomic mass is 16.4. The van der Waals surface area contributed by atoms with Crippen molar-refractivity contribution in [1.29, 1.82) is 0 Å². The molecule has 0 saturated heterocycles. The summed E-state index contributed by atoms with van der Waals surface area (Å²) in [6.45, 7) is 2.17. The highest BCUT2D eigenvalue weighted by molar-refractivity contribution is 5.74. The van der Waals surface area contributed by atoms with Crippen LogP contribution < -0.4 is 0 Å². The van der Waals surface area contributed by atoms with E-state index in [0.717, 1.165) is 44.2 Å². The lowest BCUT2D eigenvalue weighted by atomic mass is 9.66. The minimum atomic E-state index is -0.604. The molecule has 0 aliphatic heterocycles. The van der Waals surface area contributed by atoms with Crippen molar-refractivity contribution in [3.05, 3.63) is 18.0 Å². The van der Waals surface area contributed by atoms with Crippen molar-refractivity contribution in [2.75, 3.05) is 0 Å². The van der Waals surface area contributed by atoms with E-state index in [9.17, 15) is 9.90 Å². The minimum absolute atomic E-state index is 0.511. The summed E-state index contributed by atoms with van der Waals surface area (Å²) < 4.78 is 1.84. The summed E-state index contributed by atoms with van der Waals surface area (Å²) in [5, 5.41) is 13.8. The Balaban J connectivity index is 2.07. The summed E-state index contributed by atoms with van der Waals surface area (Å²) in [7, 11) is 1.92. The maximum Gasteiger partial charge on any atom is 0.309 e. The molecule has 1 aliphatic carbocycles. The van der Waals surface area contributed by atoms with E-state index in [1.54, 1.807) is 6.20 Å². The number of hydrogen-bond donors (Lipinski definition) is 1. The van der Waals surface area contributed by atoms with Crippen molar-refractivity contribution in [2.45, 2.75) is 51.9 Å². The van der Waals surface area contributed by atoms with Gasteiger partial charge in [0.1, 0.15) is 0 Å². The van der Waals surface area contributed by atoms with Crippen molar-refractivity contribution < 1.29 is 9.90 Å². The van der Waals surface area contributed by atoms with Gasteiger partial charge >= 0.3 is 5.97 Å². The van der Waals surface area contributed by atoms with Gasteiger partial charge in [0.15, 0.2) is 0 Å². The van der Waals surface area contributed by atoms with Crippen molar-refractivity contribution >= 4 is 5.97 Å². The molecule has 1 aromatic heterocycles. The van der Waals surface area contributed by atoms with Gasteiger partial charge in [-0.25, -0.2) is 0 Å². The van der Waals surface area contributed by atoms with Gasteiger partial charge in [0.2, 0.25) is 0 Å². The zero-order valence-electron chi connectivity index (χ0n) is 11.9. The largest absolute Gasteiger partial charge is 0.481 e. The lowest BCUT2D eigenvalue weighted by Crippen LogP contribution is -2.37. The number of aliphatic carboxylic acids is 1. The standard InChI is InChI=1S/C15H24N2O2/c1-3-12-5-4-8-15(11-12,14(18)19)9-6-13-7-10-16-17(13)2/h7,10,12H,3-6,8-9,11H2,1-2H3,(H,18,19). The number of carboxylic acids is 1. The van der Waals surface area contributed by atoms with Gasteiger partial charge in [-0.05, 0) is 37.7 Å². The number of nitrogens with zero attached hydrogens (tertiary/aromatic N) is 2. The molecule has 0 radical (unpaired) electrons. The quantitative estimate of drug-likeness (QED) is 0.889. The molecule has 1 N–H and O–H groups in total. The summed E-state index contributed by atoms with van der Waals surface area (Å²) in [6, 6.07) is 1.98. The Kier molecular flexibility index (Phi) is 4.27. The first-order valence-corrected chi connectivity index (χ1v) is 7.27. The van der Waals surface area contributed by atoms with E-state index >= 15 is 0 Å². The molecule has 4 nitrogen and oxygen atoms in total. The molecular formula is C15H24N2O2. The smallest absolute Gasteiger partial charge is 0.309 e. The molecule has 2 rings (SSSR count). The molecule has 1 heterocycles. The van der Waals surface area contributed by atoms with Crippen LogP contribution in [0.3, 0.4) is 0 Å². The maximum atomic E-state index is 11.8. The van der Waals surface area contributed by atoms with Gasteiger partial charge in [0.05, 0.1) is 5.41 Å².